The predicted molar refractivity (Wildman–Crippen MR) is 113 cm³/mol. The summed E-state index contributed by atoms with van der Waals surface area (Å²) in [6.07, 6.45) is 9.01. The molecular weight excluding hydrogens is 366 g/mol. The van der Waals surface area contributed by atoms with Gasteiger partial charge in [-0.2, -0.15) is 0 Å². The topological polar surface area (TPSA) is 72.3 Å². The second-order valence-corrected chi connectivity index (χ2v) is 8.54. The smallest absolute Gasteiger partial charge is 0.255 e. The summed E-state index contributed by atoms with van der Waals surface area (Å²) < 4.78 is 7.44. The van der Waals surface area contributed by atoms with Crippen molar-refractivity contribution in [2.45, 2.75) is 57.9 Å². The number of nitrogens with one attached hydrogen (secondary N) is 1. The summed E-state index contributed by atoms with van der Waals surface area (Å²) in [6, 6.07) is 3.87. The molecular formula is C22H33N5O2. The van der Waals surface area contributed by atoms with Crippen LogP contribution in [0.5, 0.6) is 5.75 Å². The van der Waals surface area contributed by atoms with E-state index in [1.165, 1.54) is 38.6 Å². The highest BCUT2D eigenvalue weighted by Crippen LogP contribution is 2.27. The van der Waals surface area contributed by atoms with Crippen molar-refractivity contribution in [3.63, 3.8) is 0 Å². The molecule has 1 N–H and O–H groups in total. The van der Waals surface area contributed by atoms with Crippen molar-refractivity contribution in [2.24, 2.45) is 13.0 Å². The monoisotopic (exact) mass is 399 g/mol. The SMILES string of the molecule is CCOc1cc2c(cc1C(=O)NC1CCN(CC3CCCCC3)CC1)nnn2C. The minimum atomic E-state index is -0.0771. The normalized spacial score (nSPS) is 19.5. The fraction of sp³-hybridized carbons (Fsp3) is 0.682. The highest BCUT2D eigenvalue weighted by molar-refractivity contribution is 6.00. The Labute approximate surface area is 172 Å². The highest BCUT2D eigenvalue weighted by atomic mass is 16.5. The van der Waals surface area contributed by atoms with Crippen molar-refractivity contribution < 1.29 is 9.53 Å². The number of ether oxygens (including phenoxy) is 1. The molecule has 2 heterocycles. The number of aryl methyl sites for hydroxylation is 1. The number of hydrogen-bond acceptors (Lipinski definition) is 5. The van der Waals surface area contributed by atoms with E-state index in [0.29, 0.717) is 23.4 Å². The van der Waals surface area contributed by atoms with Gasteiger partial charge in [0.15, 0.2) is 0 Å². The molecule has 2 aliphatic rings. The Bertz CT molecular complexity index is 835. The van der Waals surface area contributed by atoms with Crippen LogP contribution in [0.2, 0.25) is 0 Å². The number of aromatic nitrogens is 3. The standard InChI is InChI=1S/C22H33N5O2/c1-3-29-21-14-20-19(24-25-26(20)2)13-18(21)22(28)23-17-9-11-27(12-10-17)15-16-7-5-4-6-8-16/h13-14,16-17H,3-12,15H2,1-2H3,(H,23,28). The van der Waals surface area contributed by atoms with Crippen molar-refractivity contribution >= 4 is 16.9 Å². The van der Waals surface area contributed by atoms with Crippen LogP contribution < -0.4 is 10.1 Å². The minimum absolute atomic E-state index is 0.0771. The van der Waals surface area contributed by atoms with E-state index in [1.54, 1.807) is 10.7 Å². The third kappa shape index (κ3) is 4.71. The Kier molecular flexibility index (Phi) is 6.33. The molecule has 2 aromatic rings. The van der Waals surface area contributed by atoms with Gasteiger partial charge in [0.05, 0.1) is 17.7 Å². The number of likely N-dealkylation sites (tertiary alicyclic amines) is 1. The number of carbonyl (C=O) groups is 1. The molecule has 0 bridgehead atoms. The fourth-order valence-electron chi connectivity index (χ4n) is 4.77. The lowest BCUT2D eigenvalue weighted by atomic mass is 9.88. The first kappa shape index (κ1) is 20.1. The van der Waals surface area contributed by atoms with Crippen LogP contribution in [-0.4, -0.2) is 58.1 Å². The average molecular weight is 400 g/mol. The van der Waals surface area contributed by atoms with Gasteiger partial charge in [-0.05, 0) is 44.6 Å². The van der Waals surface area contributed by atoms with E-state index < -0.39 is 0 Å². The largest absolute Gasteiger partial charge is 0.493 e. The number of hydrogen-bond donors (Lipinski definition) is 1. The number of carbonyl (C=O) groups excluding carboxylic acids is 1. The Morgan fingerprint density at radius 2 is 1.93 bits per heavy atom. The quantitative estimate of drug-likeness (QED) is 0.808. The van der Waals surface area contributed by atoms with Gasteiger partial charge in [-0.3, -0.25) is 4.79 Å². The number of rotatable bonds is 6. The molecule has 29 heavy (non-hydrogen) atoms. The summed E-state index contributed by atoms with van der Waals surface area (Å²) in [5.74, 6) is 1.40. The lowest BCUT2D eigenvalue weighted by Crippen LogP contribution is -2.46. The van der Waals surface area contributed by atoms with Gasteiger partial charge in [0.25, 0.3) is 5.91 Å². The molecule has 1 amide bonds. The number of benzene rings is 1. The van der Waals surface area contributed by atoms with Crippen LogP contribution in [0.3, 0.4) is 0 Å². The van der Waals surface area contributed by atoms with Crippen LogP contribution in [-0.2, 0) is 7.05 Å². The van der Waals surface area contributed by atoms with Crippen molar-refractivity contribution in [3.05, 3.63) is 17.7 Å². The van der Waals surface area contributed by atoms with Crippen LogP contribution in [0, 0.1) is 5.92 Å². The maximum atomic E-state index is 13.0. The van der Waals surface area contributed by atoms with Crippen LogP contribution in [0.1, 0.15) is 62.2 Å². The summed E-state index contributed by atoms with van der Waals surface area (Å²) in [7, 11) is 1.84. The number of fused-ring (bicyclic) bond motifs is 1. The molecule has 1 aromatic carbocycles. The van der Waals surface area contributed by atoms with Gasteiger partial charge in [-0.1, -0.05) is 24.5 Å². The van der Waals surface area contributed by atoms with Crippen molar-refractivity contribution in [1.29, 1.82) is 0 Å². The van der Waals surface area contributed by atoms with Gasteiger partial charge in [0, 0.05) is 38.8 Å². The van der Waals surface area contributed by atoms with Gasteiger partial charge in [-0.25, -0.2) is 4.68 Å². The van der Waals surface area contributed by atoms with Gasteiger partial charge in [0.2, 0.25) is 0 Å². The van der Waals surface area contributed by atoms with E-state index in [0.717, 1.165) is 37.4 Å². The Morgan fingerprint density at radius 3 is 2.66 bits per heavy atom. The molecule has 1 aromatic heterocycles. The molecule has 0 unspecified atom stereocenters. The van der Waals surface area contributed by atoms with E-state index in [1.807, 2.05) is 20.0 Å². The highest BCUT2D eigenvalue weighted by Gasteiger charge is 2.25. The molecule has 0 radical (unpaired) electrons. The van der Waals surface area contributed by atoms with Crippen molar-refractivity contribution in [3.8, 4) is 5.75 Å². The lowest BCUT2D eigenvalue weighted by Gasteiger charge is -2.35. The van der Waals surface area contributed by atoms with Gasteiger partial charge in [0.1, 0.15) is 11.3 Å². The minimum Gasteiger partial charge on any atom is -0.493 e. The molecule has 0 spiro atoms. The zero-order valence-electron chi connectivity index (χ0n) is 17.7. The van der Waals surface area contributed by atoms with Gasteiger partial charge < -0.3 is 15.0 Å². The van der Waals surface area contributed by atoms with E-state index >= 15 is 0 Å². The van der Waals surface area contributed by atoms with Crippen molar-refractivity contribution in [2.75, 3.05) is 26.2 Å². The summed E-state index contributed by atoms with van der Waals surface area (Å²) in [6.45, 7) is 5.82. The molecule has 4 rings (SSSR count). The molecule has 1 saturated carbocycles. The van der Waals surface area contributed by atoms with Gasteiger partial charge >= 0.3 is 0 Å². The zero-order chi connectivity index (χ0) is 20.2. The Morgan fingerprint density at radius 1 is 1.17 bits per heavy atom. The zero-order valence-corrected chi connectivity index (χ0v) is 17.7. The summed E-state index contributed by atoms with van der Waals surface area (Å²) in [5.41, 5.74) is 2.12. The Hall–Kier alpha value is -2.15. The van der Waals surface area contributed by atoms with Crippen LogP contribution in [0.15, 0.2) is 12.1 Å². The van der Waals surface area contributed by atoms with E-state index in [-0.39, 0.29) is 11.9 Å². The van der Waals surface area contributed by atoms with Crippen LogP contribution in [0.4, 0.5) is 0 Å². The second kappa shape index (κ2) is 9.11. The lowest BCUT2D eigenvalue weighted by molar-refractivity contribution is 0.0898. The summed E-state index contributed by atoms with van der Waals surface area (Å²) >= 11 is 0. The predicted octanol–water partition coefficient (Wildman–Crippen LogP) is 3.14. The first-order valence-electron chi connectivity index (χ1n) is 11.1. The molecule has 7 nitrogen and oxygen atoms in total. The van der Waals surface area contributed by atoms with E-state index in [2.05, 4.69) is 20.5 Å². The number of amides is 1. The third-order valence-electron chi connectivity index (χ3n) is 6.42. The van der Waals surface area contributed by atoms with E-state index in [4.69, 9.17) is 4.74 Å². The molecule has 1 aliphatic heterocycles. The molecule has 1 saturated heterocycles. The molecule has 2 fully saturated rings. The van der Waals surface area contributed by atoms with E-state index in [9.17, 15) is 4.79 Å². The van der Waals surface area contributed by atoms with Crippen LogP contribution in [0.25, 0.3) is 11.0 Å². The first-order chi connectivity index (χ1) is 14.1. The third-order valence-corrected chi connectivity index (χ3v) is 6.42. The first-order valence-corrected chi connectivity index (χ1v) is 11.1. The molecule has 158 valence electrons. The van der Waals surface area contributed by atoms with Crippen molar-refractivity contribution in [1.82, 2.24) is 25.2 Å². The maximum Gasteiger partial charge on any atom is 0.255 e. The summed E-state index contributed by atoms with van der Waals surface area (Å²) in [4.78, 5) is 15.6. The Balaban J connectivity index is 1.36. The second-order valence-electron chi connectivity index (χ2n) is 8.54. The average Bonchev–Trinajstić information content (AvgIpc) is 3.10. The number of nitrogens with zero attached hydrogens (tertiary/aromatic N) is 4. The molecule has 1 aliphatic carbocycles. The molecule has 0 atom stereocenters. The number of piperidine rings is 1. The fourth-order valence-corrected chi connectivity index (χ4v) is 4.77. The maximum absolute atomic E-state index is 13.0. The van der Waals surface area contributed by atoms with Crippen LogP contribution >= 0.6 is 0 Å². The van der Waals surface area contributed by atoms with Gasteiger partial charge in [-0.15, -0.1) is 5.10 Å². The summed E-state index contributed by atoms with van der Waals surface area (Å²) in [5, 5.41) is 11.4. The molecule has 7 heteroatoms.